The lowest BCUT2D eigenvalue weighted by Crippen LogP contribution is -2.49. The number of carbonyl (C=O) groups excluding carboxylic acids is 2. The number of rotatable bonds is 6. The zero-order valence-corrected chi connectivity index (χ0v) is 17.2. The van der Waals surface area contributed by atoms with Gasteiger partial charge in [-0.25, -0.2) is 0 Å². The van der Waals surface area contributed by atoms with Crippen LogP contribution in [0.5, 0.6) is 11.5 Å². The first-order chi connectivity index (χ1) is 14.0. The molecule has 0 unspecified atom stereocenters. The van der Waals surface area contributed by atoms with E-state index in [-0.39, 0.29) is 17.2 Å². The van der Waals surface area contributed by atoms with E-state index in [0.29, 0.717) is 17.9 Å². The number of amides is 2. The van der Waals surface area contributed by atoms with Gasteiger partial charge in [0.25, 0.3) is 5.91 Å². The molecule has 1 aromatic carbocycles. The van der Waals surface area contributed by atoms with E-state index < -0.39 is 0 Å². The van der Waals surface area contributed by atoms with Crippen LogP contribution in [0.25, 0.3) is 6.08 Å². The van der Waals surface area contributed by atoms with Crippen LogP contribution in [-0.4, -0.2) is 26.0 Å². The zero-order chi connectivity index (χ0) is 20.4. The first-order valence-corrected chi connectivity index (χ1v) is 10.5. The van der Waals surface area contributed by atoms with Gasteiger partial charge in [0, 0.05) is 18.1 Å². The molecule has 2 amide bonds. The number of hydrogen-bond donors (Lipinski definition) is 2. The van der Waals surface area contributed by atoms with Crippen LogP contribution in [0.3, 0.4) is 0 Å². The predicted octanol–water partition coefficient (Wildman–Crippen LogP) is 3.47. The van der Waals surface area contributed by atoms with Crippen molar-refractivity contribution in [3.63, 3.8) is 0 Å². The first-order valence-electron chi connectivity index (χ1n) is 10.5. The maximum atomic E-state index is 12.5. The predicted molar refractivity (Wildman–Crippen MR) is 110 cm³/mol. The maximum Gasteiger partial charge on any atom is 0.262 e. The van der Waals surface area contributed by atoms with E-state index in [9.17, 15) is 9.59 Å². The fourth-order valence-electron chi connectivity index (χ4n) is 6.27. The molecule has 0 radical (unpaired) electrons. The van der Waals surface area contributed by atoms with Crippen molar-refractivity contribution in [2.24, 2.45) is 23.2 Å². The SMILES string of the molecule is COc1cccc(C=CC(=O)NNC(=O)CC23CC4CC(CC(C4)C2)C3)c1OC. The second-order valence-electron chi connectivity index (χ2n) is 9.05. The molecule has 0 atom stereocenters. The fourth-order valence-corrected chi connectivity index (χ4v) is 6.27. The molecule has 4 aliphatic rings. The van der Waals surface area contributed by atoms with Crippen molar-refractivity contribution in [3.8, 4) is 11.5 Å². The number of para-hydroxylation sites is 1. The van der Waals surface area contributed by atoms with Crippen molar-refractivity contribution >= 4 is 17.9 Å². The van der Waals surface area contributed by atoms with E-state index in [1.54, 1.807) is 26.4 Å². The topological polar surface area (TPSA) is 76.7 Å². The highest BCUT2D eigenvalue weighted by atomic mass is 16.5. The van der Waals surface area contributed by atoms with Gasteiger partial charge in [0.1, 0.15) is 0 Å². The summed E-state index contributed by atoms with van der Waals surface area (Å²) in [5.41, 5.74) is 5.99. The molecule has 4 saturated carbocycles. The Morgan fingerprint density at radius 3 is 2.28 bits per heavy atom. The summed E-state index contributed by atoms with van der Waals surface area (Å²) in [5, 5.41) is 0. The monoisotopic (exact) mass is 398 g/mol. The van der Waals surface area contributed by atoms with Gasteiger partial charge in [0.2, 0.25) is 5.91 Å². The van der Waals surface area contributed by atoms with Gasteiger partial charge in [-0.1, -0.05) is 12.1 Å². The van der Waals surface area contributed by atoms with Gasteiger partial charge in [-0.2, -0.15) is 0 Å². The van der Waals surface area contributed by atoms with Gasteiger partial charge in [-0.3, -0.25) is 20.4 Å². The lowest BCUT2D eigenvalue weighted by Gasteiger charge is -2.56. The van der Waals surface area contributed by atoms with E-state index in [1.165, 1.54) is 44.6 Å². The highest BCUT2D eigenvalue weighted by Crippen LogP contribution is 2.61. The molecule has 0 spiro atoms. The van der Waals surface area contributed by atoms with Crippen LogP contribution in [0.2, 0.25) is 0 Å². The largest absolute Gasteiger partial charge is 0.493 e. The molecule has 4 fully saturated rings. The summed E-state index contributed by atoms with van der Waals surface area (Å²) in [6, 6.07) is 5.45. The minimum Gasteiger partial charge on any atom is -0.493 e. The number of methoxy groups -OCH3 is 2. The Morgan fingerprint density at radius 2 is 1.69 bits per heavy atom. The number of benzene rings is 1. The molecule has 0 heterocycles. The highest BCUT2D eigenvalue weighted by Gasteiger charge is 2.51. The Morgan fingerprint density at radius 1 is 1.03 bits per heavy atom. The Kier molecular flexibility index (Phi) is 5.52. The second-order valence-corrected chi connectivity index (χ2v) is 9.05. The molecule has 0 aliphatic heterocycles. The Hall–Kier alpha value is -2.50. The van der Waals surface area contributed by atoms with Crippen molar-refractivity contribution in [3.05, 3.63) is 29.8 Å². The third kappa shape index (κ3) is 4.26. The maximum absolute atomic E-state index is 12.5. The van der Waals surface area contributed by atoms with E-state index >= 15 is 0 Å². The molecule has 5 rings (SSSR count). The zero-order valence-electron chi connectivity index (χ0n) is 17.2. The fraction of sp³-hybridized carbons (Fsp3) is 0.565. The average molecular weight is 399 g/mol. The standard InChI is InChI=1S/C23H30N2O4/c1-28-19-5-3-4-18(22(19)29-2)6-7-20(26)24-25-21(27)14-23-11-15-8-16(12-23)10-17(9-15)13-23/h3-7,15-17H,8-14H2,1-2H3,(H,24,26)(H,25,27). The summed E-state index contributed by atoms with van der Waals surface area (Å²) >= 11 is 0. The number of carbonyl (C=O) groups is 2. The van der Waals surface area contributed by atoms with Crippen LogP contribution < -0.4 is 20.3 Å². The summed E-state index contributed by atoms with van der Waals surface area (Å²) in [7, 11) is 3.12. The molecule has 0 saturated heterocycles. The van der Waals surface area contributed by atoms with Crippen LogP contribution in [0, 0.1) is 23.2 Å². The quantitative estimate of drug-likeness (QED) is 0.568. The summed E-state index contributed by atoms with van der Waals surface area (Å²) in [5.74, 6) is 3.11. The lowest BCUT2D eigenvalue weighted by atomic mass is 9.49. The molecule has 6 nitrogen and oxygen atoms in total. The smallest absolute Gasteiger partial charge is 0.262 e. The molecule has 4 aliphatic carbocycles. The third-order valence-corrected chi connectivity index (χ3v) is 6.87. The highest BCUT2D eigenvalue weighted by molar-refractivity contribution is 5.93. The van der Waals surface area contributed by atoms with Crippen molar-refractivity contribution in [1.29, 1.82) is 0 Å². The molecular formula is C23H30N2O4. The summed E-state index contributed by atoms with van der Waals surface area (Å²) in [6.07, 6.45) is 11.1. The Bertz CT molecular complexity index is 782. The Balaban J connectivity index is 1.30. The van der Waals surface area contributed by atoms with Gasteiger partial charge >= 0.3 is 0 Å². The summed E-state index contributed by atoms with van der Waals surface area (Å²) in [4.78, 5) is 24.7. The number of ether oxygens (including phenoxy) is 2. The van der Waals surface area contributed by atoms with E-state index in [1.807, 2.05) is 12.1 Å². The van der Waals surface area contributed by atoms with Crippen molar-refractivity contribution in [1.82, 2.24) is 10.9 Å². The van der Waals surface area contributed by atoms with Gasteiger partial charge in [0.15, 0.2) is 11.5 Å². The normalized spacial score (nSPS) is 29.7. The van der Waals surface area contributed by atoms with Crippen molar-refractivity contribution in [2.75, 3.05) is 14.2 Å². The van der Waals surface area contributed by atoms with Crippen LogP contribution in [-0.2, 0) is 9.59 Å². The minimum atomic E-state index is -0.381. The number of nitrogens with one attached hydrogen (secondary N) is 2. The number of hydrogen-bond acceptors (Lipinski definition) is 4. The molecule has 4 bridgehead atoms. The van der Waals surface area contributed by atoms with Crippen LogP contribution in [0.1, 0.15) is 50.5 Å². The molecular weight excluding hydrogens is 368 g/mol. The molecule has 1 aromatic rings. The van der Waals surface area contributed by atoms with E-state index in [4.69, 9.17) is 9.47 Å². The second kappa shape index (κ2) is 8.09. The van der Waals surface area contributed by atoms with Gasteiger partial charge in [-0.05, 0) is 73.8 Å². The van der Waals surface area contributed by atoms with E-state index in [0.717, 1.165) is 23.3 Å². The van der Waals surface area contributed by atoms with Crippen molar-refractivity contribution < 1.29 is 19.1 Å². The Labute approximate surface area is 172 Å². The average Bonchev–Trinajstić information content (AvgIpc) is 2.68. The molecule has 6 heteroatoms. The lowest BCUT2D eigenvalue weighted by molar-refractivity contribution is -0.133. The molecule has 0 aromatic heterocycles. The molecule has 2 N–H and O–H groups in total. The van der Waals surface area contributed by atoms with Crippen LogP contribution in [0.15, 0.2) is 24.3 Å². The number of hydrazine groups is 1. The summed E-state index contributed by atoms with van der Waals surface area (Å²) < 4.78 is 10.6. The molecule has 156 valence electrons. The van der Waals surface area contributed by atoms with Crippen LogP contribution in [0.4, 0.5) is 0 Å². The first kappa shape index (κ1) is 19.8. The van der Waals surface area contributed by atoms with Gasteiger partial charge in [0.05, 0.1) is 14.2 Å². The molecule has 29 heavy (non-hydrogen) atoms. The summed E-state index contributed by atoms with van der Waals surface area (Å²) in [6.45, 7) is 0. The van der Waals surface area contributed by atoms with Crippen LogP contribution >= 0.6 is 0 Å². The van der Waals surface area contributed by atoms with E-state index in [2.05, 4.69) is 10.9 Å². The van der Waals surface area contributed by atoms with Crippen molar-refractivity contribution in [2.45, 2.75) is 44.9 Å². The van der Waals surface area contributed by atoms with Gasteiger partial charge < -0.3 is 9.47 Å². The minimum absolute atomic E-state index is 0.0901. The van der Waals surface area contributed by atoms with Gasteiger partial charge in [-0.15, -0.1) is 0 Å². The third-order valence-electron chi connectivity index (χ3n) is 6.87.